The average Bonchev–Trinajstić information content (AvgIpc) is 2.38. The Morgan fingerprint density at radius 2 is 2.21 bits per heavy atom. The van der Waals surface area contributed by atoms with Gasteiger partial charge in [-0.15, -0.1) is 0 Å². The summed E-state index contributed by atoms with van der Waals surface area (Å²) in [7, 11) is 0. The minimum atomic E-state index is -0.522. The van der Waals surface area contributed by atoms with Crippen LogP contribution in [0.5, 0.6) is 0 Å². The highest BCUT2D eigenvalue weighted by Crippen LogP contribution is 2.30. The Kier molecular flexibility index (Phi) is 3.78. The van der Waals surface area contributed by atoms with Crippen LogP contribution in [0, 0.1) is 10.1 Å². The number of benzene rings is 1. The SMILES string of the molecule is NNc1cc(Sc2nccc(=O)[nH]2)cc([N+](=O)[O-])c1. The minimum absolute atomic E-state index is 0.101. The zero-order chi connectivity index (χ0) is 13.8. The van der Waals surface area contributed by atoms with Gasteiger partial charge in [-0.3, -0.25) is 20.8 Å². The molecule has 2 aromatic rings. The van der Waals surface area contributed by atoms with Gasteiger partial charge in [-0.2, -0.15) is 0 Å². The van der Waals surface area contributed by atoms with Gasteiger partial charge in [0.25, 0.3) is 11.2 Å². The second-order valence-electron chi connectivity index (χ2n) is 3.46. The lowest BCUT2D eigenvalue weighted by atomic mass is 10.3. The van der Waals surface area contributed by atoms with Crippen molar-refractivity contribution >= 4 is 23.1 Å². The Balaban J connectivity index is 2.36. The number of anilines is 1. The first kappa shape index (κ1) is 13.1. The van der Waals surface area contributed by atoms with Crippen molar-refractivity contribution in [1.82, 2.24) is 9.97 Å². The molecular formula is C10H9N5O3S. The molecule has 2 rings (SSSR count). The number of aromatic nitrogens is 2. The maximum absolute atomic E-state index is 11.1. The number of nitro benzene ring substituents is 1. The molecule has 9 heteroatoms. The molecule has 0 bridgehead atoms. The number of rotatable bonds is 4. The van der Waals surface area contributed by atoms with Crippen molar-refractivity contribution in [2.24, 2.45) is 5.84 Å². The van der Waals surface area contributed by atoms with Gasteiger partial charge in [0.1, 0.15) is 0 Å². The number of hydrogen-bond donors (Lipinski definition) is 3. The summed E-state index contributed by atoms with van der Waals surface area (Å²) in [5.74, 6) is 5.25. The van der Waals surface area contributed by atoms with Crippen LogP contribution in [0.1, 0.15) is 0 Å². The average molecular weight is 279 g/mol. The molecule has 1 aromatic heterocycles. The number of hydrogen-bond acceptors (Lipinski definition) is 7. The summed E-state index contributed by atoms with van der Waals surface area (Å²) in [5.41, 5.74) is 2.36. The summed E-state index contributed by atoms with van der Waals surface area (Å²) in [5, 5.41) is 11.1. The van der Waals surface area contributed by atoms with Gasteiger partial charge in [0.15, 0.2) is 5.16 Å². The monoisotopic (exact) mass is 279 g/mol. The van der Waals surface area contributed by atoms with Gasteiger partial charge >= 0.3 is 0 Å². The van der Waals surface area contributed by atoms with Crippen LogP contribution >= 0.6 is 11.8 Å². The Morgan fingerprint density at radius 3 is 2.84 bits per heavy atom. The molecule has 0 saturated carbocycles. The van der Waals surface area contributed by atoms with Crippen molar-refractivity contribution in [2.45, 2.75) is 10.1 Å². The molecule has 0 aliphatic heterocycles. The van der Waals surface area contributed by atoms with Crippen LogP contribution in [0.15, 0.2) is 45.3 Å². The highest BCUT2D eigenvalue weighted by atomic mass is 32.2. The van der Waals surface area contributed by atoms with E-state index in [9.17, 15) is 14.9 Å². The van der Waals surface area contributed by atoms with Crippen LogP contribution in [0.2, 0.25) is 0 Å². The van der Waals surface area contributed by atoms with E-state index in [1.165, 1.54) is 24.4 Å². The summed E-state index contributed by atoms with van der Waals surface area (Å²) in [4.78, 5) is 28.4. The highest BCUT2D eigenvalue weighted by Gasteiger charge is 2.11. The topological polar surface area (TPSA) is 127 Å². The number of nitrogens with zero attached hydrogens (tertiary/aromatic N) is 2. The van der Waals surface area contributed by atoms with E-state index in [-0.39, 0.29) is 11.2 Å². The van der Waals surface area contributed by atoms with E-state index < -0.39 is 4.92 Å². The largest absolute Gasteiger partial charge is 0.324 e. The zero-order valence-electron chi connectivity index (χ0n) is 9.49. The summed E-state index contributed by atoms with van der Waals surface area (Å²) >= 11 is 1.10. The fraction of sp³-hybridized carbons (Fsp3) is 0. The van der Waals surface area contributed by atoms with Crippen LogP contribution in [-0.2, 0) is 0 Å². The van der Waals surface area contributed by atoms with Crippen LogP contribution in [0.4, 0.5) is 11.4 Å². The van der Waals surface area contributed by atoms with E-state index in [1.54, 1.807) is 6.07 Å². The summed E-state index contributed by atoms with van der Waals surface area (Å²) in [6, 6.07) is 5.58. The standard InChI is InChI=1S/C10H9N5O3S/c11-14-6-3-7(15(17)18)5-8(4-6)19-10-12-2-1-9(16)13-10/h1-5,14H,11H2,(H,12,13,16). The van der Waals surface area contributed by atoms with Gasteiger partial charge < -0.3 is 10.4 Å². The van der Waals surface area contributed by atoms with E-state index in [0.717, 1.165) is 11.8 Å². The number of nitrogens with two attached hydrogens (primary N) is 1. The van der Waals surface area contributed by atoms with Gasteiger partial charge in [-0.05, 0) is 6.07 Å². The molecule has 0 atom stereocenters. The predicted octanol–water partition coefficient (Wildman–Crippen LogP) is 1.11. The minimum Gasteiger partial charge on any atom is -0.324 e. The van der Waals surface area contributed by atoms with Gasteiger partial charge in [-0.1, -0.05) is 11.8 Å². The first-order chi connectivity index (χ1) is 9.08. The lowest BCUT2D eigenvalue weighted by Crippen LogP contribution is -2.07. The number of non-ortho nitro benzene ring substituents is 1. The van der Waals surface area contributed by atoms with Crippen LogP contribution in [-0.4, -0.2) is 14.9 Å². The van der Waals surface area contributed by atoms with Crippen LogP contribution in [0.3, 0.4) is 0 Å². The first-order valence-corrected chi connectivity index (χ1v) is 5.89. The van der Waals surface area contributed by atoms with Gasteiger partial charge in [-0.25, -0.2) is 4.98 Å². The van der Waals surface area contributed by atoms with E-state index in [0.29, 0.717) is 15.7 Å². The van der Waals surface area contributed by atoms with Crippen molar-refractivity contribution in [2.75, 3.05) is 5.43 Å². The number of H-pyrrole nitrogens is 1. The molecule has 4 N–H and O–H groups in total. The number of nitrogens with one attached hydrogen (secondary N) is 2. The molecule has 0 spiro atoms. The van der Waals surface area contributed by atoms with E-state index in [4.69, 9.17) is 5.84 Å². The third-order valence-electron chi connectivity index (χ3n) is 2.13. The predicted molar refractivity (Wildman–Crippen MR) is 69.9 cm³/mol. The number of hydrazine groups is 1. The molecule has 1 heterocycles. The molecular weight excluding hydrogens is 270 g/mol. The normalized spacial score (nSPS) is 10.2. The maximum atomic E-state index is 11.1. The maximum Gasteiger partial charge on any atom is 0.272 e. The molecule has 0 unspecified atom stereocenters. The Hall–Kier alpha value is -2.39. The lowest BCUT2D eigenvalue weighted by Gasteiger charge is -2.04. The van der Waals surface area contributed by atoms with Crippen LogP contribution in [0.25, 0.3) is 0 Å². The molecule has 0 aliphatic rings. The Bertz CT molecular complexity index is 672. The number of nitrogen functional groups attached to an aromatic ring is 1. The second-order valence-corrected chi connectivity index (χ2v) is 4.52. The van der Waals surface area contributed by atoms with Crippen molar-refractivity contribution in [3.8, 4) is 0 Å². The lowest BCUT2D eigenvalue weighted by molar-refractivity contribution is -0.385. The van der Waals surface area contributed by atoms with Crippen LogP contribution < -0.4 is 16.8 Å². The smallest absolute Gasteiger partial charge is 0.272 e. The first-order valence-electron chi connectivity index (χ1n) is 5.08. The third-order valence-corrected chi connectivity index (χ3v) is 3.00. The quantitative estimate of drug-likeness (QED) is 0.331. The summed E-state index contributed by atoms with van der Waals surface area (Å²) in [6.07, 6.45) is 1.36. The number of nitro groups is 1. The Labute approximate surface area is 111 Å². The molecule has 98 valence electrons. The van der Waals surface area contributed by atoms with E-state index in [2.05, 4.69) is 15.4 Å². The van der Waals surface area contributed by atoms with Crippen molar-refractivity contribution in [3.63, 3.8) is 0 Å². The van der Waals surface area contributed by atoms with Gasteiger partial charge in [0, 0.05) is 29.3 Å². The van der Waals surface area contributed by atoms with E-state index in [1.807, 2.05) is 0 Å². The number of aromatic amines is 1. The fourth-order valence-corrected chi connectivity index (χ4v) is 2.20. The third kappa shape index (κ3) is 3.30. The molecule has 0 fully saturated rings. The van der Waals surface area contributed by atoms with Crippen molar-refractivity contribution in [3.05, 3.63) is 50.9 Å². The summed E-state index contributed by atoms with van der Waals surface area (Å²) < 4.78 is 0. The molecule has 8 nitrogen and oxygen atoms in total. The van der Waals surface area contributed by atoms with Crippen molar-refractivity contribution < 1.29 is 4.92 Å². The molecule has 0 saturated heterocycles. The zero-order valence-corrected chi connectivity index (χ0v) is 10.3. The second kappa shape index (κ2) is 5.50. The Morgan fingerprint density at radius 1 is 1.42 bits per heavy atom. The molecule has 0 radical (unpaired) electrons. The molecule has 1 aromatic carbocycles. The molecule has 0 aliphatic carbocycles. The molecule has 0 amide bonds. The van der Waals surface area contributed by atoms with Gasteiger partial charge in [0.05, 0.1) is 10.6 Å². The fourth-order valence-electron chi connectivity index (χ4n) is 1.35. The summed E-state index contributed by atoms with van der Waals surface area (Å²) in [6.45, 7) is 0. The van der Waals surface area contributed by atoms with E-state index >= 15 is 0 Å². The van der Waals surface area contributed by atoms with Gasteiger partial charge in [0.2, 0.25) is 0 Å². The molecule has 19 heavy (non-hydrogen) atoms. The highest BCUT2D eigenvalue weighted by molar-refractivity contribution is 7.99. The van der Waals surface area contributed by atoms with Crippen molar-refractivity contribution in [1.29, 1.82) is 0 Å².